The van der Waals surface area contributed by atoms with Gasteiger partial charge in [0.25, 0.3) is 0 Å². The highest BCUT2D eigenvalue weighted by Gasteiger charge is 2.08. The van der Waals surface area contributed by atoms with Crippen LogP contribution in [0.5, 0.6) is 5.75 Å². The molecule has 2 aromatic rings. The predicted molar refractivity (Wildman–Crippen MR) is 113 cm³/mol. The number of aryl methyl sites for hydroxylation is 1. The summed E-state index contributed by atoms with van der Waals surface area (Å²) in [6.45, 7) is 1.91. The molecule has 2 rings (SSSR count). The molecular formula is C18H17BrIN3O3. The van der Waals surface area contributed by atoms with E-state index in [1.807, 2.05) is 25.1 Å². The van der Waals surface area contributed by atoms with E-state index in [0.29, 0.717) is 5.56 Å². The third-order valence-corrected chi connectivity index (χ3v) is 4.59. The second-order valence-electron chi connectivity index (χ2n) is 5.50. The van der Waals surface area contributed by atoms with Gasteiger partial charge in [0.15, 0.2) is 0 Å². The molecule has 0 fully saturated rings. The Balaban J connectivity index is 1.80. The van der Waals surface area contributed by atoms with Gasteiger partial charge in [-0.3, -0.25) is 9.59 Å². The van der Waals surface area contributed by atoms with E-state index in [1.165, 1.54) is 12.3 Å². The number of carbonyl (C=O) groups is 2. The molecule has 0 unspecified atom stereocenters. The van der Waals surface area contributed by atoms with Crippen LogP contribution in [-0.4, -0.2) is 23.1 Å². The number of benzene rings is 2. The number of nitrogens with one attached hydrogen (secondary N) is 2. The number of phenols is 1. The first-order chi connectivity index (χ1) is 12.3. The van der Waals surface area contributed by atoms with Crippen molar-refractivity contribution in [2.45, 2.75) is 19.8 Å². The summed E-state index contributed by atoms with van der Waals surface area (Å²) < 4.78 is 1.87. The van der Waals surface area contributed by atoms with E-state index in [4.69, 9.17) is 0 Å². The molecule has 3 N–H and O–H groups in total. The van der Waals surface area contributed by atoms with E-state index in [9.17, 15) is 14.7 Å². The average molecular weight is 530 g/mol. The minimum absolute atomic E-state index is 0.0110. The van der Waals surface area contributed by atoms with Gasteiger partial charge in [-0.1, -0.05) is 15.9 Å². The van der Waals surface area contributed by atoms with Crippen LogP contribution in [0.25, 0.3) is 0 Å². The molecule has 0 aromatic heterocycles. The zero-order valence-corrected chi connectivity index (χ0v) is 17.7. The molecule has 0 bridgehead atoms. The maximum absolute atomic E-state index is 12.0. The lowest BCUT2D eigenvalue weighted by Gasteiger charge is -2.08. The lowest BCUT2D eigenvalue weighted by molar-refractivity contribution is -0.124. The number of hydrogen-bond donors (Lipinski definition) is 3. The molecule has 8 heteroatoms. The quantitative estimate of drug-likeness (QED) is 0.301. The van der Waals surface area contributed by atoms with E-state index >= 15 is 0 Å². The molecule has 0 heterocycles. The third kappa shape index (κ3) is 6.41. The van der Waals surface area contributed by atoms with E-state index in [-0.39, 0.29) is 30.4 Å². The Morgan fingerprint density at radius 3 is 2.65 bits per heavy atom. The Hall–Kier alpha value is -1.94. The van der Waals surface area contributed by atoms with Gasteiger partial charge in [0.1, 0.15) is 5.75 Å². The van der Waals surface area contributed by atoms with E-state index in [2.05, 4.69) is 54.4 Å². The lowest BCUT2D eigenvalue weighted by atomic mass is 10.2. The topological polar surface area (TPSA) is 90.8 Å². The average Bonchev–Trinajstić information content (AvgIpc) is 2.58. The smallest absolute Gasteiger partial charge is 0.240 e. The number of nitrogens with zero attached hydrogens (tertiary/aromatic N) is 1. The molecular weight excluding hydrogens is 513 g/mol. The molecule has 0 saturated carbocycles. The van der Waals surface area contributed by atoms with Gasteiger partial charge in [-0.2, -0.15) is 5.10 Å². The van der Waals surface area contributed by atoms with Gasteiger partial charge >= 0.3 is 0 Å². The highest BCUT2D eigenvalue weighted by Crippen LogP contribution is 2.20. The van der Waals surface area contributed by atoms with Crippen LogP contribution >= 0.6 is 38.5 Å². The van der Waals surface area contributed by atoms with Crippen molar-refractivity contribution in [3.8, 4) is 5.75 Å². The van der Waals surface area contributed by atoms with Gasteiger partial charge in [0.05, 0.1) is 6.21 Å². The van der Waals surface area contributed by atoms with Crippen LogP contribution in [0, 0.1) is 10.5 Å². The standard InChI is InChI=1S/C18H17BrIN3O3/c1-11-8-14(20)3-4-15(11)22-17(25)6-7-18(26)23-21-10-12-9-13(19)2-5-16(12)24/h2-5,8-10,24H,6-7H2,1H3,(H,22,25)(H,23,26). The van der Waals surface area contributed by atoms with Gasteiger partial charge in [-0.15, -0.1) is 0 Å². The number of halogens is 2. The largest absolute Gasteiger partial charge is 0.507 e. The zero-order valence-electron chi connectivity index (χ0n) is 13.9. The normalized spacial score (nSPS) is 10.7. The monoisotopic (exact) mass is 529 g/mol. The second-order valence-corrected chi connectivity index (χ2v) is 7.67. The molecule has 6 nitrogen and oxygen atoms in total. The van der Waals surface area contributed by atoms with Crippen LogP contribution < -0.4 is 10.7 Å². The van der Waals surface area contributed by atoms with Gasteiger partial charge in [-0.05, 0) is 71.5 Å². The Bertz CT molecular complexity index is 856. The van der Waals surface area contributed by atoms with E-state index < -0.39 is 0 Å². The van der Waals surface area contributed by atoms with Crippen LogP contribution in [0.2, 0.25) is 0 Å². The Labute approximate surface area is 173 Å². The van der Waals surface area contributed by atoms with Crippen molar-refractivity contribution >= 4 is 62.2 Å². The van der Waals surface area contributed by atoms with Gasteiger partial charge < -0.3 is 10.4 Å². The van der Waals surface area contributed by atoms with Crippen molar-refractivity contribution in [3.63, 3.8) is 0 Å². The number of hydrazone groups is 1. The number of amides is 2. The maximum Gasteiger partial charge on any atom is 0.240 e. The predicted octanol–water partition coefficient (Wildman–Crippen LogP) is 3.94. The highest BCUT2D eigenvalue weighted by atomic mass is 127. The summed E-state index contributed by atoms with van der Waals surface area (Å²) >= 11 is 5.49. The summed E-state index contributed by atoms with van der Waals surface area (Å²) in [4.78, 5) is 23.7. The first-order valence-corrected chi connectivity index (χ1v) is 9.59. The van der Waals surface area contributed by atoms with Gasteiger partial charge in [-0.25, -0.2) is 5.43 Å². The number of aromatic hydroxyl groups is 1. The third-order valence-electron chi connectivity index (χ3n) is 3.42. The Morgan fingerprint density at radius 1 is 1.19 bits per heavy atom. The molecule has 0 aliphatic heterocycles. The van der Waals surface area contributed by atoms with Crippen LogP contribution in [-0.2, 0) is 9.59 Å². The van der Waals surface area contributed by atoms with Crippen molar-refractivity contribution in [3.05, 3.63) is 55.6 Å². The summed E-state index contributed by atoms with van der Waals surface area (Å²) in [7, 11) is 0. The number of phenolic OH excluding ortho intramolecular Hbond substituents is 1. The summed E-state index contributed by atoms with van der Waals surface area (Å²) in [6, 6.07) is 10.6. The minimum atomic E-state index is -0.384. The van der Waals surface area contributed by atoms with Crippen LogP contribution in [0.15, 0.2) is 46.0 Å². The first-order valence-electron chi connectivity index (χ1n) is 7.71. The molecule has 0 saturated heterocycles. The summed E-state index contributed by atoms with van der Waals surface area (Å²) in [5.41, 5.74) is 4.50. The molecule has 2 aromatic carbocycles. The molecule has 0 spiro atoms. The fourth-order valence-corrected chi connectivity index (χ4v) is 3.09. The highest BCUT2D eigenvalue weighted by molar-refractivity contribution is 14.1. The van der Waals surface area contributed by atoms with Crippen LogP contribution in [0.4, 0.5) is 5.69 Å². The summed E-state index contributed by atoms with van der Waals surface area (Å²) in [6.07, 6.45) is 1.40. The van der Waals surface area contributed by atoms with Crippen LogP contribution in [0.1, 0.15) is 24.0 Å². The lowest BCUT2D eigenvalue weighted by Crippen LogP contribution is -2.20. The SMILES string of the molecule is Cc1cc(I)ccc1NC(=O)CCC(=O)NN=Cc1cc(Br)ccc1O. The number of rotatable bonds is 6. The molecule has 26 heavy (non-hydrogen) atoms. The van der Waals surface area contributed by atoms with Crippen molar-refractivity contribution < 1.29 is 14.7 Å². The number of anilines is 1. The van der Waals surface area contributed by atoms with Crippen LogP contribution in [0.3, 0.4) is 0 Å². The van der Waals surface area contributed by atoms with Gasteiger partial charge in [0.2, 0.25) is 11.8 Å². The van der Waals surface area contributed by atoms with Crippen molar-refractivity contribution in [1.82, 2.24) is 5.43 Å². The van der Waals surface area contributed by atoms with E-state index in [1.54, 1.807) is 12.1 Å². The van der Waals surface area contributed by atoms with Crippen molar-refractivity contribution in [2.75, 3.05) is 5.32 Å². The fraction of sp³-hybridized carbons (Fsp3) is 0.167. The fourth-order valence-electron chi connectivity index (χ4n) is 2.07. The molecule has 0 radical (unpaired) electrons. The number of hydrogen-bond acceptors (Lipinski definition) is 4. The molecule has 0 atom stereocenters. The molecule has 2 amide bonds. The van der Waals surface area contributed by atoms with E-state index in [0.717, 1.165) is 19.3 Å². The summed E-state index contributed by atoms with van der Waals surface area (Å²) in [5, 5.41) is 16.3. The Kier molecular flexibility index (Phi) is 7.58. The maximum atomic E-state index is 12.0. The summed E-state index contributed by atoms with van der Waals surface area (Å²) in [5.74, 6) is -0.568. The second kappa shape index (κ2) is 9.67. The van der Waals surface area contributed by atoms with Crippen molar-refractivity contribution in [1.29, 1.82) is 0 Å². The minimum Gasteiger partial charge on any atom is -0.507 e. The molecule has 0 aliphatic rings. The zero-order chi connectivity index (χ0) is 19.1. The first kappa shape index (κ1) is 20.4. The number of carbonyl (C=O) groups excluding carboxylic acids is 2. The molecule has 136 valence electrons. The van der Waals surface area contributed by atoms with Gasteiger partial charge in [0, 0.05) is 32.1 Å². The van der Waals surface area contributed by atoms with Crippen molar-refractivity contribution in [2.24, 2.45) is 5.10 Å². The Morgan fingerprint density at radius 2 is 1.92 bits per heavy atom. The molecule has 0 aliphatic carbocycles.